The number of hydrogen-bond acceptors (Lipinski definition) is 6. The third kappa shape index (κ3) is 8.26. The molecule has 10 heteroatoms. The Morgan fingerprint density at radius 2 is 2.07 bits per heavy atom. The average molecular weight is 490 g/mol. The van der Waals surface area contributed by atoms with Gasteiger partial charge in [0.05, 0.1) is 11.2 Å². The first-order valence-corrected chi connectivity index (χ1v) is 8.18. The summed E-state index contributed by atoms with van der Waals surface area (Å²) in [6.07, 6.45) is 0.808. The van der Waals surface area contributed by atoms with Crippen LogP contribution >= 0.6 is 24.0 Å². The van der Waals surface area contributed by atoms with Crippen molar-refractivity contribution in [1.29, 1.82) is 0 Å². The van der Waals surface area contributed by atoms with E-state index in [0.717, 1.165) is 5.76 Å². The van der Waals surface area contributed by atoms with Gasteiger partial charge in [0.2, 0.25) is 0 Å². The fourth-order valence-electron chi connectivity index (χ4n) is 2.03. The number of nitrogens with zero attached hydrogens (tertiary/aromatic N) is 2. The lowest BCUT2D eigenvalue weighted by atomic mass is 10.3. The summed E-state index contributed by atoms with van der Waals surface area (Å²) < 4.78 is 10.6. The summed E-state index contributed by atoms with van der Waals surface area (Å²) in [6, 6.07) is 9.32. The van der Waals surface area contributed by atoms with Crippen molar-refractivity contribution in [1.82, 2.24) is 10.6 Å². The fourth-order valence-corrected chi connectivity index (χ4v) is 2.03. The monoisotopic (exact) mass is 490 g/mol. The number of non-ortho nitro benzene ring substituents is 1. The highest BCUT2D eigenvalue weighted by Gasteiger charge is 2.09. The quantitative estimate of drug-likeness (QED) is 0.162. The lowest BCUT2D eigenvalue weighted by Crippen LogP contribution is -2.42. The van der Waals surface area contributed by atoms with Crippen molar-refractivity contribution in [3.8, 4) is 5.75 Å². The van der Waals surface area contributed by atoms with E-state index in [1.54, 1.807) is 12.3 Å². The summed E-state index contributed by atoms with van der Waals surface area (Å²) in [5, 5.41) is 26.7. The van der Waals surface area contributed by atoms with Gasteiger partial charge >= 0.3 is 0 Å². The fraction of sp³-hybridized carbons (Fsp3) is 0.353. The smallest absolute Gasteiger partial charge is 0.269 e. The van der Waals surface area contributed by atoms with Gasteiger partial charge in [-0.15, -0.1) is 24.0 Å². The molecule has 0 spiro atoms. The van der Waals surface area contributed by atoms with Gasteiger partial charge < -0.3 is 24.9 Å². The molecule has 1 unspecified atom stereocenters. The van der Waals surface area contributed by atoms with E-state index in [0.29, 0.717) is 24.8 Å². The Kier molecular flexibility index (Phi) is 10.2. The summed E-state index contributed by atoms with van der Waals surface area (Å²) >= 11 is 0. The molecule has 148 valence electrons. The van der Waals surface area contributed by atoms with Crippen molar-refractivity contribution in [2.45, 2.75) is 19.6 Å². The minimum absolute atomic E-state index is 0. The molecule has 3 N–H and O–H groups in total. The summed E-state index contributed by atoms with van der Waals surface area (Å²) in [4.78, 5) is 14.5. The van der Waals surface area contributed by atoms with Gasteiger partial charge in [0.25, 0.3) is 5.69 Å². The zero-order chi connectivity index (χ0) is 18.8. The van der Waals surface area contributed by atoms with Crippen LogP contribution in [-0.2, 0) is 6.54 Å². The summed E-state index contributed by atoms with van der Waals surface area (Å²) in [5.74, 6) is 1.75. The molecule has 0 saturated heterocycles. The maximum absolute atomic E-state index is 10.6. The number of rotatable bonds is 9. The number of guanidine groups is 1. The second-order valence-corrected chi connectivity index (χ2v) is 5.37. The van der Waals surface area contributed by atoms with Crippen LogP contribution in [0.5, 0.6) is 5.75 Å². The molecule has 2 rings (SSSR count). The largest absolute Gasteiger partial charge is 0.491 e. The maximum atomic E-state index is 10.6. The van der Waals surface area contributed by atoms with Crippen LogP contribution in [0.2, 0.25) is 0 Å². The van der Waals surface area contributed by atoms with Crippen LogP contribution in [-0.4, -0.2) is 41.8 Å². The third-order valence-corrected chi connectivity index (χ3v) is 3.31. The molecule has 0 bridgehead atoms. The summed E-state index contributed by atoms with van der Waals surface area (Å²) in [6.45, 7) is 3.29. The minimum Gasteiger partial charge on any atom is -0.491 e. The lowest BCUT2D eigenvalue weighted by Gasteiger charge is -2.15. The van der Waals surface area contributed by atoms with Crippen LogP contribution in [0.3, 0.4) is 0 Å². The minimum atomic E-state index is -0.780. The molecule has 0 saturated carbocycles. The van der Waals surface area contributed by atoms with Crippen LogP contribution in [0.4, 0.5) is 5.69 Å². The number of aliphatic hydroxyl groups is 1. The first kappa shape index (κ1) is 22.7. The zero-order valence-electron chi connectivity index (χ0n) is 14.8. The Labute approximate surface area is 174 Å². The zero-order valence-corrected chi connectivity index (χ0v) is 17.2. The van der Waals surface area contributed by atoms with E-state index in [1.165, 1.54) is 24.3 Å². The van der Waals surface area contributed by atoms with E-state index >= 15 is 0 Å². The van der Waals surface area contributed by atoms with Crippen molar-refractivity contribution in [3.63, 3.8) is 0 Å². The number of halogens is 1. The Hall–Kier alpha value is -2.34. The predicted molar refractivity (Wildman–Crippen MR) is 112 cm³/mol. The van der Waals surface area contributed by atoms with Gasteiger partial charge in [-0.1, -0.05) is 0 Å². The topological polar surface area (TPSA) is 122 Å². The molecule has 27 heavy (non-hydrogen) atoms. The van der Waals surface area contributed by atoms with E-state index in [1.807, 2.05) is 13.0 Å². The molecule has 0 radical (unpaired) electrons. The SMILES string of the molecule is CCNC(=NCc1ccco1)NCC(O)COc1ccc([N+](=O)[O-])cc1.I. The van der Waals surface area contributed by atoms with Crippen molar-refractivity contribution < 1.29 is 19.2 Å². The number of benzene rings is 1. The van der Waals surface area contributed by atoms with E-state index in [4.69, 9.17) is 9.15 Å². The normalized spacial score (nSPS) is 12.0. The Bertz CT molecular complexity index is 707. The standard InChI is InChI=1S/C17H22N4O5.HI/c1-2-18-17(20-11-16-4-3-9-25-16)19-10-14(22)12-26-15-7-5-13(6-8-15)21(23)24;/h3-9,14,22H,2,10-12H2,1H3,(H2,18,19,20);1H. The van der Waals surface area contributed by atoms with E-state index < -0.39 is 11.0 Å². The van der Waals surface area contributed by atoms with E-state index in [2.05, 4.69) is 15.6 Å². The first-order chi connectivity index (χ1) is 12.6. The summed E-state index contributed by atoms with van der Waals surface area (Å²) in [7, 11) is 0. The first-order valence-electron chi connectivity index (χ1n) is 8.18. The maximum Gasteiger partial charge on any atom is 0.269 e. The van der Waals surface area contributed by atoms with Gasteiger partial charge in [-0.3, -0.25) is 10.1 Å². The average Bonchev–Trinajstić information content (AvgIpc) is 3.16. The Morgan fingerprint density at radius 3 is 2.67 bits per heavy atom. The second kappa shape index (κ2) is 12.1. The van der Waals surface area contributed by atoms with Gasteiger partial charge in [0.1, 0.15) is 30.8 Å². The molecule has 1 aromatic heterocycles. The van der Waals surface area contributed by atoms with Crippen LogP contribution in [0.15, 0.2) is 52.1 Å². The molecule has 0 amide bonds. The Morgan fingerprint density at radius 1 is 1.33 bits per heavy atom. The molecule has 1 aromatic carbocycles. The van der Waals surface area contributed by atoms with Gasteiger partial charge in [-0.2, -0.15) is 0 Å². The molecule has 0 aliphatic carbocycles. The van der Waals surface area contributed by atoms with Crippen LogP contribution < -0.4 is 15.4 Å². The molecule has 1 atom stereocenters. The number of aliphatic imine (C=N–C) groups is 1. The predicted octanol–water partition coefficient (Wildman–Crippen LogP) is 2.30. The third-order valence-electron chi connectivity index (χ3n) is 3.31. The number of furan rings is 1. The molecule has 1 heterocycles. The van der Waals surface area contributed by atoms with Gasteiger partial charge in [-0.05, 0) is 31.2 Å². The highest BCUT2D eigenvalue weighted by molar-refractivity contribution is 14.0. The number of nitrogens with one attached hydrogen (secondary N) is 2. The van der Waals surface area contributed by atoms with E-state index in [9.17, 15) is 15.2 Å². The van der Waals surface area contributed by atoms with Crippen molar-refractivity contribution in [2.24, 2.45) is 4.99 Å². The molecule has 2 aromatic rings. The van der Waals surface area contributed by atoms with Crippen molar-refractivity contribution in [2.75, 3.05) is 19.7 Å². The lowest BCUT2D eigenvalue weighted by molar-refractivity contribution is -0.384. The second-order valence-electron chi connectivity index (χ2n) is 5.37. The Balaban J connectivity index is 0.00000364. The number of ether oxygens (including phenoxy) is 1. The molecular formula is C17H23IN4O5. The van der Waals surface area contributed by atoms with Crippen molar-refractivity contribution >= 4 is 35.6 Å². The molecular weight excluding hydrogens is 467 g/mol. The van der Waals surface area contributed by atoms with E-state index in [-0.39, 0.29) is 42.8 Å². The van der Waals surface area contributed by atoms with Crippen LogP contribution in [0.25, 0.3) is 0 Å². The number of aliphatic hydroxyl groups excluding tert-OH is 1. The number of hydrogen-bond donors (Lipinski definition) is 3. The molecule has 0 aliphatic rings. The van der Waals surface area contributed by atoms with Gasteiger partial charge in [-0.25, -0.2) is 4.99 Å². The highest BCUT2D eigenvalue weighted by Crippen LogP contribution is 2.17. The molecule has 0 fully saturated rings. The molecule has 9 nitrogen and oxygen atoms in total. The molecule has 0 aliphatic heterocycles. The number of nitro benzene ring substituents is 1. The highest BCUT2D eigenvalue weighted by atomic mass is 127. The van der Waals surface area contributed by atoms with Crippen molar-refractivity contribution in [3.05, 3.63) is 58.5 Å². The van der Waals surface area contributed by atoms with Crippen LogP contribution in [0.1, 0.15) is 12.7 Å². The van der Waals surface area contributed by atoms with Gasteiger partial charge in [0.15, 0.2) is 5.96 Å². The summed E-state index contributed by atoms with van der Waals surface area (Å²) in [5.41, 5.74) is -0.0115. The number of nitro groups is 1. The van der Waals surface area contributed by atoms with Gasteiger partial charge in [0, 0.05) is 25.2 Å². The van der Waals surface area contributed by atoms with Crippen LogP contribution in [0, 0.1) is 10.1 Å².